The SMILES string of the molecule is C[S+](CC[C@H](N)C(=O)O)C[C@H]1O[C@@H](n2cnc3c(N)ncnc32)[C@H](O)[C@@H]1O.Nc1ncnc2c1ncn2[C@@H]1O[C@H](CSCC[C@H](N)C(=O)[O-])[C@@H](O)[C@H]1O. The number of hydrogen-bond donors (Lipinski definition) is 9. The van der Waals surface area contributed by atoms with Crippen LogP contribution in [0.15, 0.2) is 25.3 Å². The number of aromatic nitrogens is 8. The molecule has 24 heteroatoms. The maximum absolute atomic E-state index is 10.8. The second-order valence-corrected chi connectivity index (χ2v) is 15.9. The molecule has 1 unspecified atom stereocenters. The summed E-state index contributed by atoms with van der Waals surface area (Å²) in [6.45, 7) is 0. The van der Waals surface area contributed by atoms with Crippen molar-refractivity contribution in [3.63, 3.8) is 0 Å². The Morgan fingerprint density at radius 1 is 0.830 bits per heavy atom. The molecule has 0 spiro atoms. The molecule has 2 aliphatic rings. The van der Waals surface area contributed by atoms with E-state index in [4.69, 9.17) is 37.5 Å². The van der Waals surface area contributed by atoms with Gasteiger partial charge in [0.25, 0.3) is 0 Å². The van der Waals surface area contributed by atoms with Crippen LogP contribution < -0.4 is 28.0 Å². The summed E-state index contributed by atoms with van der Waals surface area (Å²) >= 11 is 1.37. The smallest absolute Gasteiger partial charge is 0.320 e. The molecule has 2 fully saturated rings. The molecule has 0 aromatic carbocycles. The van der Waals surface area contributed by atoms with Crippen molar-refractivity contribution >= 4 is 68.6 Å². The van der Waals surface area contributed by atoms with E-state index in [1.54, 1.807) is 0 Å². The highest BCUT2D eigenvalue weighted by atomic mass is 32.2. The van der Waals surface area contributed by atoms with Gasteiger partial charge in [0.1, 0.15) is 71.8 Å². The molecule has 22 nitrogen and oxygen atoms in total. The van der Waals surface area contributed by atoms with Crippen LogP contribution in [0.25, 0.3) is 22.3 Å². The van der Waals surface area contributed by atoms with Crippen LogP contribution in [0, 0.1) is 0 Å². The summed E-state index contributed by atoms with van der Waals surface area (Å²) in [5, 5.41) is 60.8. The molecule has 2 aliphatic heterocycles. The first kappa shape index (κ1) is 40.2. The Bertz CT molecular complexity index is 1870. The zero-order valence-corrected chi connectivity index (χ0v) is 29.9. The molecule has 4 aromatic heterocycles. The van der Waals surface area contributed by atoms with E-state index < -0.39 is 73.1 Å². The molecule has 6 rings (SSSR count). The Balaban J connectivity index is 0.000000204. The summed E-state index contributed by atoms with van der Waals surface area (Å²) < 4.78 is 14.7. The van der Waals surface area contributed by atoms with Gasteiger partial charge < -0.3 is 67.8 Å². The summed E-state index contributed by atoms with van der Waals surface area (Å²) in [6, 6.07) is -1.94. The lowest BCUT2D eigenvalue weighted by Gasteiger charge is -2.16. The van der Waals surface area contributed by atoms with Crippen molar-refractivity contribution in [3.8, 4) is 0 Å². The van der Waals surface area contributed by atoms with Crippen molar-refractivity contribution in [2.45, 2.75) is 74.0 Å². The molecular formula is C29H42N12O10S2. The van der Waals surface area contributed by atoms with Crippen molar-refractivity contribution in [1.82, 2.24) is 39.0 Å². The minimum atomic E-state index is -1.30. The maximum atomic E-state index is 10.8. The molecule has 0 radical (unpaired) electrons. The van der Waals surface area contributed by atoms with E-state index in [0.717, 1.165) is 0 Å². The first-order valence-corrected chi connectivity index (χ1v) is 19.3. The number of fused-ring (bicyclic) bond motifs is 2. The molecule has 6 heterocycles. The van der Waals surface area contributed by atoms with Gasteiger partial charge in [-0.3, -0.25) is 13.9 Å². The summed E-state index contributed by atoms with van der Waals surface area (Å²) in [7, 11) is -0.235. The quantitative estimate of drug-likeness (QED) is 0.0428. The van der Waals surface area contributed by atoms with Gasteiger partial charge in [0, 0.05) is 18.2 Å². The Hall–Kier alpha value is -3.98. The van der Waals surface area contributed by atoms with Crippen molar-refractivity contribution in [2.75, 3.05) is 40.7 Å². The Labute approximate surface area is 308 Å². The lowest BCUT2D eigenvalue weighted by Crippen LogP contribution is -2.42. The van der Waals surface area contributed by atoms with Gasteiger partial charge in [0.15, 0.2) is 35.4 Å². The van der Waals surface area contributed by atoms with Gasteiger partial charge in [-0.15, -0.1) is 0 Å². The lowest BCUT2D eigenvalue weighted by atomic mass is 10.1. The Morgan fingerprint density at radius 3 is 1.85 bits per heavy atom. The second kappa shape index (κ2) is 17.4. The average molecular weight is 783 g/mol. The number of aliphatic carboxylic acids is 2. The van der Waals surface area contributed by atoms with Crippen LogP contribution in [0.1, 0.15) is 25.3 Å². The van der Waals surface area contributed by atoms with Gasteiger partial charge in [-0.1, -0.05) is 0 Å². The van der Waals surface area contributed by atoms with Crippen LogP contribution in [-0.2, 0) is 30.0 Å². The third-order valence-electron chi connectivity index (χ3n) is 8.70. The highest BCUT2D eigenvalue weighted by molar-refractivity contribution is 7.99. The number of aliphatic hydroxyl groups is 4. The second-order valence-electron chi connectivity index (χ2n) is 12.4. The van der Waals surface area contributed by atoms with Crippen LogP contribution in [-0.4, -0.2) is 154 Å². The topological polar surface area (TPSA) is 368 Å². The number of nitrogens with two attached hydrogens (primary N) is 4. The molecule has 0 amide bonds. The number of carbonyl (C=O) groups excluding carboxylic acids is 1. The number of carboxylic acid groups (broad SMARTS) is 2. The number of thioether (sulfide) groups is 1. The number of imidazole rings is 2. The van der Waals surface area contributed by atoms with Crippen LogP contribution >= 0.6 is 11.8 Å². The molecule has 0 saturated carbocycles. The molecule has 2 saturated heterocycles. The number of rotatable bonds is 14. The number of nitrogens with zero attached hydrogens (tertiary/aromatic N) is 8. The van der Waals surface area contributed by atoms with Gasteiger partial charge in [0.05, 0.1) is 31.0 Å². The number of anilines is 2. The summed E-state index contributed by atoms with van der Waals surface area (Å²) in [6.07, 6.45) is 0.439. The predicted octanol–water partition coefficient (Wildman–Crippen LogP) is -4.69. The van der Waals surface area contributed by atoms with Gasteiger partial charge in [-0.05, 0) is 23.1 Å². The predicted molar refractivity (Wildman–Crippen MR) is 189 cm³/mol. The molecule has 290 valence electrons. The van der Waals surface area contributed by atoms with E-state index in [-0.39, 0.29) is 29.0 Å². The van der Waals surface area contributed by atoms with E-state index in [9.17, 15) is 35.1 Å². The summed E-state index contributed by atoms with van der Waals surface area (Å²) in [4.78, 5) is 45.6. The number of nitrogen functional groups attached to an aromatic ring is 2. The van der Waals surface area contributed by atoms with Gasteiger partial charge in [-0.25, -0.2) is 29.9 Å². The zero-order valence-electron chi connectivity index (χ0n) is 28.3. The first-order valence-electron chi connectivity index (χ1n) is 16.2. The molecule has 53 heavy (non-hydrogen) atoms. The van der Waals surface area contributed by atoms with Crippen LogP contribution in [0.4, 0.5) is 11.6 Å². The molecule has 4 aromatic rings. The lowest BCUT2D eigenvalue weighted by molar-refractivity contribution is -0.307. The van der Waals surface area contributed by atoms with Crippen LogP contribution in [0.3, 0.4) is 0 Å². The fourth-order valence-corrected chi connectivity index (χ4v) is 8.40. The Kier molecular flexibility index (Phi) is 13.2. The van der Waals surface area contributed by atoms with Crippen molar-refractivity contribution in [1.29, 1.82) is 0 Å². The third-order valence-corrected chi connectivity index (χ3v) is 11.6. The largest absolute Gasteiger partial charge is 0.548 e. The summed E-state index contributed by atoms with van der Waals surface area (Å²) in [5.41, 5.74) is 24.0. The number of ether oxygens (including phenoxy) is 2. The van der Waals surface area contributed by atoms with Crippen LogP contribution in [0.2, 0.25) is 0 Å². The normalized spacial score (nSPS) is 27.4. The summed E-state index contributed by atoms with van der Waals surface area (Å²) in [5.74, 6) is -0.0206. The number of aliphatic hydroxyl groups excluding tert-OH is 4. The zero-order chi connectivity index (χ0) is 38.6. The van der Waals surface area contributed by atoms with E-state index in [2.05, 4.69) is 29.9 Å². The molecule has 0 aliphatic carbocycles. The van der Waals surface area contributed by atoms with Crippen molar-refractivity contribution < 1.29 is 49.7 Å². The molecule has 11 atom stereocenters. The minimum absolute atomic E-state index is 0.207. The van der Waals surface area contributed by atoms with Crippen LogP contribution in [0.5, 0.6) is 0 Å². The van der Waals surface area contributed by atoms with Gasteiger partial charge in [-0.2, -0.15) is 11.8 Å². The maximum Gasteiger partial charge on any atom is 0.320 e. The fourth-order valence-electron chi connectivity index (χ4n) is 5.65. The van der Waals surface area contributed by atoms with Crippen molar-refractivity contribution in [2.24, 2.45) is 11.5 Å². The van der Waals surface area contributed by atoms with E-state index in [1.165, 1.54) is 46.2 Å². The highest BCUT2D eigenvalue weighted by Gasteiger charge is 2.47. The first-order chi connectivity index (χ1) is 25.2. The van der Waals surface area contributed by atoms with Crippen molar-refractivity contribution in [3.05, 3.63) is 25.3 Å². The van der Waals surface area contributed by atoms with E-state index in [0.29, 0.717) is 51.8 Å². The average Bonchev–Trinajstić information content (AvgIpc) is 3.89. The van der Waals surface area contributed by atoms with E-state index in [1.807, 2.05) is 6.26 Å². The number of carbonyl (C=O) groups is 2. The highest BCUT2D eigenvalue weighted by Crippen LogP contribution is 2.34. The molecular weight excluding hydrogens is 741 g/mol. The van der Waals surface area contributed by atoms with Gasteiger partial charge >= 0.3 is 5.97 Å². The van der Waals surface area contributed by atoms with Gasteiger partial charge in [0.2, 0.25) is 0 Å². The fraction of sp³-hybridized carbons (Fsp3) is 0.586. The molecule has 0 bridgehead atoms. The number of carboxylic acids is 2. The molecule has 13 N–H and O–H groups in total. The standard InChI is InChI=1S/C15H22N6O5S.C14H20N6O5S/c1-27(3-2-7(16)15(24)25)4-8-10(22)11(23)14(26-8)21-6-20-9-12(17)18-5-19-13(9)21;15-6(14(23)24)1-2-26-3-7-9(21)10(22)13(25-7)20-5-19-8-11(16)17-4-18-12(8)20/h5-8,10-11,14,22-23H,2-4,16H2,1H3,(H2-,17,18,19,24,25);4-7,9-10,13,21-22H,1-3,15H2,(H,23,24)(H2,16,17,18)/t7-,8+,10+,11+,14+,27?;6-,7+,9+,10+,13+/m00/s1. The number of hydrogen-bond acceptors (Lipinski definition) is 20. The Morgan fingerprint density at radius 2 is 1.34 bits per heavy atom. The third kappa shape index (κ3) is 9.05. The monoisotopic (exact) mass is 782 g/mol. The van der Waals surface area contributed by atoms with E-state index >= 15 is 0 Å². The minimum Gasteiger partial charge on any atom is -0.548 e.